The van der Waals surface area contributed by atoms with E-state index in [1.54, 1.807) is 4.90 Å². The van der Waals surface area contributed by atoms with Crippen LogP contribution in [0.5, 0.6) is 11.5 Å². The van der Waals surface area contributed by atoms with Crippen LogP contribution in [-0.4, -0.2) is 56.5 Å². The fraction of sp³-hybridized carbons (Fsp3) is 0.409. The van der Waals surface area contributed by atoms with Crippen molar-refractivity contribution in [3.63, 3.8) is 0 Å². The van der Waals surface area contributed by atoms with Crippen LogP contribution in [-0.2, 0) is 4.74 Å². The maximum atomic E-state index is 11.3. The second-order valence-corrected chi connectivity index (χ2v) is 8.92. The zero-order chi connectivity index (χ0) is 21.3. The smallest absolute Gasteiger partial charge is 0.409 e. The number of hydrogen-bond acceptors (Lipinski definition) is 5. The highest BCUT2D eigenvalue weighted by Gasteiger charge is 2.28. The zero-order valence-electron chi connectivity index (χ0n) is 16.9. The van der Waals surface area contributed by atoms with Crippen molar-refractivity contribution in [2.45, 2.75) is 25.0 Å². The molecule has 0 saturated carbocycles. The van der Waals surface area contributed by atoms with E-state index in [4.69, 9.17) is 9.47 Å². The molecule has 2 heterocycles. The summed E-state index contributed by atoms with van der Waals surface area (Å²) in [6, 6.07) is 15.7. The van der Waals surface area contributed by atoms with Crippen LogP contribution < -0.4 is 14.8 Å². The van der Waals surface area contributed by atoms with Crippen molar-refractivity contribution in [2.24, 2.45) is 0 Å². The summed E-state index contributed by atoms with van der Waals surface area (Å²) in [5.74, 6) is 1.78. The lowest BCUT2D eigenvalue weighted by molar-refractivity contribution is 0.125. The first kappa shape index (κ1) is 22.9. The van der Waals surface area contributed by atoms with Crippen LogP contribution in [0.1, 0.15) is 12.8 Å². The Morgan fingerprint density at radius 1 is 0.933 bits per heavy atom. The van der Waals surface area contributed by atoms with Gasteiger partial charge in [0.15, 0.2) is 0 Å². The lowest BCUT2D eigenvalue weighted by Crippen LogP contribution is -2.30. The van der Waals surface area contributed by atoms with Crippen LogP contribution in [0.2, 0.25) is 0 Å². The van der Waals surface area contributed by atoms with E-state index in [2.05, 4.69) is 41.9 Å². The van der Waals surface area contributed by atoms with E-state index in [1.807, 2.05) is 48.5 Å². The molecule has 0 aliphatic carbocycles. The molecule has 4 rings (SSSR count). The number of benzene rings is 2. The van der Waals surface area contributed by atoms with E-state index in [-0.39, 0.29) is 12.2 Å². The van der Waals surface area contributed by atoms with Gasteiger partial charge >= 0.3 is 6.09 Å². The molecule has 162 valence electrons. The van der Waals surface area contributed by atoms with Crippen molar-refractivity contribution in [1.29, 1.82) is 0 Å². The Morgan fingerprint density at radius 3 is 2.00 bits per heavy atom. The first-order valence-electron chi connectivity index (χ1n) is 9.91. The Bertz CT molecular complexity index is 796. The summed E-state index contributed by atoms with van der Waals surface area (Å²) in [7, 11) is 1.39. The van der Waals surface area contributed by atoms with E-state index in [9.17, 15) is 4.79 Å². The summed E-state index contributed by atoms with van der Waals surface area (Å²) in [5.41, 5.74) is 0. The molecule has 2 aromatic carbocycles. The monoisotopic (exact) mass is 540 g/mol. The summed E-state index contributed by atoms with van der Waals surface area (Å²) in [6.45, 7) is 3.31. The molecule has 0 radical (unpaired) electrons. The summed E-state index contributed by atoms with van der Waals surface area (Å²) in [6.07, 6.45) is 2.06. The third-order valence-corrected chi connectivity index (χ3v) is 5.88. The van der Waals surface area contributed by atoms with E-state index in [0.717, 1.165) is 46.4 Å². The van der Waals surface area contributed by atoms with Crippen LogP contribution in [0.25, 0.3) is 0 Å². The van der Waals surface area contributed by atoms with Crippen molar-refractivity contribution >= 4 is 38.0 Å². The molecule has 6 nitrogen and oxygen atoms in total. The molecule has 30 heavy (non-hydrogen) atoms. The molecule has 2 aromatic rings. The maximum absolute atomic E-state index is 11.3. The fourth-order valence-corrected chi connectivity index (χ4v) is 3.79. The molecule has 0 spiro atoms. The minimum absolute atomic E-state index is 0.0512. The average molecular weight is 542 g/mol. The number of ether oxygens (including phenoxy) is 3. The molecule has 1 amide bonds. The van der Waals surface area contributed by atoms with Gasteiger partial charge in [-0.3, -0.25) is 0 Å². The van der Waals surface area contributed by atoms with Gasteiger partial charge in [0.05, 0.1) is 13.7 Å². The van der Waals surface area contributed by atoms with Crippen molar-refractivity contribution in [3.8, 4) is 11.5 Å². The maximum Gasteiger partial charge on any atom is 0.409 e. The zero-order valence-corrected chi connectivity index (χ0v) is 20.0. The molecule has 0 aromatic heterocycles. The molecule has 2 aliphatic rings. The Kier molecular flexibility index (Phi) is 8.84. The number of rotatable bonds is 4. The lowest BCUT2D eigenvalue weighted by Gasteiger charge is -2.15. The second-order valence-electron chi connectivity index (χ2n) is 7.09. The quantitative estimate of drug-likeness (QED) is 0.599. The summed E-state index contributed by atoms with van der Waals surface area (Å²) in [5, 5.41) is 3.27. The van der Waals surface area contributed by atoms with E-state index in [1.165, 1.54) is 7.11 Å². The molecule has 2 unspecified atom stereocenters. The van der Waals surface area contributed by atoms with Gasteiger partial charge in [0.25, 0.3) is 0 Å². The van der Waals surface area contributed by atoms with Crippen molar-refractivity contribution in [3.05, 3.63) is 57.5 Å². The molecule has 2 aliphatic heterocycles. The van der Waals surface area contributed by atoms with Crippen molar-refractivity contribution in [2.75, 3.05) is 33.3 Å². The van der Waals surface area contributed by atoms with Gasteiger partial charge in [0.2, 0.25) is 0 Å². The number of hydrogen-bond donors (Lipinski definition) is 1. The molecule has 1 N–H and O–H groups in total. The normalized spacial score (nSPS) is 20.3. The van der Waals surface area contributed by atoms with Crippen LogP contribution in [0, 0.1) is 0 Å². The van der Waals surface area contributed by atoms with Gasteiger partial charge < -0.3 is 24.4 Å². The SMILES string of the molecule is Brc1ccc(OC2CCNC2)cc1.COC(=O)N1CCC(Oc2ccc(Br)cc2)C1. The van der Waals surface area contributed by atoms with Gasteiger partial charge in [-0.1, -0.05) is 31.9 Å². The molecule has 2 atom stereocenters. The first-order chi connectivity index (χ1) is 14.5. The molecule has 8 heteroatoms. The number of methoxy groups -OCH3 is 1. The van der Waals surface area contributed by atoms with Crippen LogP contribution in [0.15, 0.2) is 57.5 Å². The Hall–Kier alpha value is -1.77. The Labute approximate surface area is 194 Å². The molecular formula is C22H26Br2N2O4. The van der Waals surface area contributed by atoms with Crippen LogP contribution >= 0.6 is 31.9 Å². The number of amides is 1. The van der Waals surface area contributed by atoms with Crippen LogP contribution in [0.3, 0.4) is 0 Å². The molecule has 2 saturated heterocycles. The molecule has 0 bridgehead atoms. The fourth-order valence-electron chi connectivity index (χ4n) is 3.26. The third-order valence-electron chi connectivity index (χ3n) is 4.83. The van der Waals surface area contributed by atoms with Gasteiger partial charge in [-0.25, -0.2) is 4.79 Å². The van der Waals surface area contributed by atoms with Gasteiger partial charge in [-0.05, 0) is 61.5 Å². The molecule has 2 fully saturated rings. The highest BCUT2D eigenvalue weighted by molar-refractivity contribution is 9.10. The predicted octanol–water partition coefficient (Wildman–Crippen LogP) is 4.86. The van der Waals surface area contributed by atoms with E-state index in [0.29, 0.717) is 19.2 Å². The van der Waals surface area contributed by atoms with E-state index >= 15 is 0 Å². The van der Waals surface area contributed by atoms with Crippen molar-refractivity contribution in [1.82, 2.24) is 10.2 Å². The number of nitrogens with zero attached hydrogens (tertiary/aromatic N) is 1. The van der Waals surface area contributed by atoms with Gasteiger partial charge in [-0.15, -0.1) is 0 Å². The van der Waals surface area contributed by atoms with E-state index < -0.39 is 0 Å². The largest absolute Gasteiger partial charge is 0.489 e. The standard InChI is InChI=1S/C12H14BrNO3.C10H12BrNO/c1-16-12(15)14-7-6-11(8-14)17-10-4-2-9(13)3-5-10;11-8-1-3-9(4-2-8)13-10-5-6-12-7-10/h2-5,11H,6-8H2,1H3;1-4,10,12H,5-7H2. The average Bonchev–Trinajstić information content (AvgIpc) is 3.44. The second kappa shape index (κ2) is 11.6. The number of carbonyl (C=O) groups is 1. The van der Waals surface area contributed by atoms with Gasteiger partial charge in [0.1, 0.15) is 23.7 Å². The predicted molar refractivity (Wildman–Crippen MR) is 123 cm³/mol. The summed E-state index contributed by atoms with van der Waals surface area (Å²) >= 11 is 6.76. The number of carbonyl (C=O) groups excluding carboxylic acids is 1. The first-order valence-corrected chi connectivity index (χ1v) is 11.5. The molecular weight excluding hydrogens is 516 g/mol. The Balaban J connectivity index is 0.000000177. The van der Waals surface area contributed by atoms with Crippen molar-refractivity contribution < 1.29 is 19.0 Å². The van der Waals surface area contributed by atoms with Crippen LogP contribution in [0.4, 0.5) is 4.79 Å². The highest BCUT2D eigenvalue weighted by Crippen LogP contribution is 2.21. The summed E-state index contributed by atoms with van der Waals surface area (Å²) < 4.78 is 18.3. The summed E-state index contributed by atoms with van der Waals surface area (Å²) in [4.78, 5) is 13.0. The number of likely N-dealkylation sites (tertiary alicyclic amines) is 1. The number of halogens is 2. The minimum atomic E-state index is -0.285. The van der Waals surface area contributed by atoms with Gasteiger partial charge in [-0.2, -0.15) is 0 Å². The number of nitrogens with one attached hydrogen (secondary N) is 1. The lowest BCUT2D eigenvalue weighted by atomic mass is 10.3. The Morgan fingerprint density at radius 2 is 1.50 bits per heavy atom. The topological polar surface area (TPSA) is 60.0 Å². The third kappa shape index (κ3) is 7.18. The van der Waals surface area contributed by atoms with Gasteiger partial charge in [0, 0.05) is 28.5 Å². The highest BCUT2D eigenvalue weighted by atomic mass is 79.9. The minimum Gasteiger partial charge on any atom is -0.489 e.